The third-order valence-corrected chi connectivity index (χ3v) is 3.75. The normalized spacial score (nSPS) is 14.6. The first-order chi connectivity index (χ1) is 8.38. The van der Waals surface area contributed by atoms with Gasteiger partial charge in [-0.2, -0.15) is 0 Å². The van der Waals surface area contributed by atoms with Crippen LogP contribution in [0.25, 0.3) is 0 Å². The highest BCUT2D eigenvalue weighted by molar-refractivity contribution is 9.10. The highest BCUT2D eigenvalue weighted by Crippen LogP contribution is 2.35. The quantitative estimate of drug-likeness (QED) is 0.666. The molecule has 0 amide bonds. The Morgan fingerprint density at radius 1 is 1.33 bits per heavy atom. The Bertz CT molecular complexity index is 435. The fourth-order valence-corrected chi connectivity index (χ4v) is 2.69. The average Bonchev–Trinajstić information content (AvgIpc) is 2.30. The number of hydrogen-bond acceptors (Lipinski definition) is 3. The van der Waals surface area contributed by atoms with E-state index in [9.17, 15) is 10.1 Å². The van der Waals surface area contributed by atoms with Crippen molar-refractivity contribution in [3.8, 4) is 0 Å². The standard InChI is InChI=1S/C13H19BrN2O2/c1-8(2)13(9(3)15-4)11-6-5-10(14)7-12(11)16(17)18/h5-9,13,15H,1-4H3. The summed E-state index contributed by atoms with van der Waals surface area (Å²) in [5.41, 5.74) is 0.977. The minimum Gasteiger partial charge on any atom is -0.317 e. The van der Waals surface area contributed by atoms with Gasteiger partial charge in [0.2, 0.25) is 0 Å². The summed E-state index contributed by atoms with van der Waals surface area (Å²) in [4.78, 5) is 10.9. The lowest BCUT2D eigenvalue weighted by atomic mass is 9.82. The Balaban J connectivity index is 3.31. The number of nitro groups is 1. The second-order valence-corrected chi connectivity index (χ2v) is 5.72. The molecular formula is C13H19BrN2O2. The molecule has 4 nitrogen and oxygen atoms in total. The van der Waals surface area contributed by atoms with Crippen LogP contribution >= 0.6 is 15.9 Å². The van der Waals surface area contributed by atoms with Gasteiger partial charge in [0, 0.05) is 28.1 Å². The molecule has 0 aromatic heterocycles. The predicted molar refractivity (Wildman–Crippen MR) is 76.9 cm³/mol. The number of nitrogens with one attached hydrogen (secondary N) is 1. The molecule has 2 atom stereocenters. The van der Waals surface area contributed by atoms with E-state index in [4.69, 9.17) is 0 Å². The van der Waals surface area contributed by atoms with Crippen molar-refractivity contribution in [1.29, 1.82) is 0 Å². The molecule has 0 aliphatic carbocycles. The second-order valence-electron chi connectivity index (χ2n) is 4.81. The number of nitrogens with zero attached hydrogens (tertiary/aromatic N) is 1. The molecule has 1 rings (SSSR count). The number of benzene rings is 1. The lowest BCUT2D eigenvalue weighted by molar-refractivity contribution is -0.385. The first kappa shape index (κ1) is 15.1. The zero-order chi connectivity index (χ0) is 13.9. The van der Waals surface area contributed by atoms with E-state index in [1.807, 2.05) is 19.2 Å². The summed E-state index contributed by atoms with van der Waals surface area (Å²) in [5, 5.41) is 14.4. The van der Waals surface area contributed by atoms with Gasteiger partial charge in [-0.3, -0.25) is 10.1 Å². The van der Waals surface area contributed by atoms with E-state index >= 15 is 0 Å². The van der Waals surface area contributed by atoms with Gasteiger partial charge in [0.05, 0.1) is 4.92 Å². The lowest BCUT2D eigenvalue weighted by Crippen LogP contribution is -2.32. The molecule has 100 valence electrons. The SMILES string of the molecule is CNC(C)C(c1ccc(Br)cc1[N+](=O)[O-])C(C)C. The van der Waals surface area contributed by atoms with E-state index in [1.165, 1.54) is 0 Å². The third kappa shape index (κ3) is 3.29. The summed E-state index contributed by atoms with van der Waals surface area (Å²) < 4.78 is 0.734. The van der Waals surface area contributed by atoms with Crippen LogP contribution < -0.4 is 5.32 Å². The van der Waals surface area contributed by atoms with Gasteiger partial charge in [-0.1, -0.05) is 35.8 Å². The summed E-state index contributed by atoms with van der Waals surface area (Å²) in [7, 11) is 1.88. The maximum absolute atomic E-state index is 11.2. The molecule has 0 heterocycles. The van der Waals surface area contributed by atoms with Crippen molar-refractivity contribution in [2.45, 2.75) is 32.7 Å². The van der Waals surface area contributed by atoms with Crippen molar-refractivity contribution >= 4 is 21.6 Å². The van der Waals surface area contributed by atoms with Gasteiger partial charge < -0.3 is 5.32 Å². The van der Waals surface area contributed by atoms with Crippen molar-refractivity contribution in [2.24, 2.45) is 5.92 Å². The molecule has 18 heavy (non-hydrogen) atoms. The summed E-state index contributed by atoms with van der Waals surface area (Å²) >= 11 is 3.28. The molecule has 1 aromatic rings. The topological polar surface area (TPSA) is 55.2 Å². The van der Waals surface area contributed by atoms with Crippen molar-refractivity contribution < 1.29 is 4.92 Å². The van der Waals surface area contributed by atoms with E-state index in [-0.39, 0.29) is 22.6 Å². The van der Waals surface area contributed by atoms with Crippen LogP contribution in [-0.2, 0) is 0 Å². The van der Waals surface area contributed by atoms with Gasteiger partial charge in [-0.25, -0.2) is 0 Å². The Hall–Kier alpha value is -0.940. The smallest absolute Gasteiger partial charge is 0.274 e. The summed E-state index contributed by atoms with van der Waals surface area (Å²) in [6.45, 7) is 6.23. The third-order valence-electron chi connectivity index (χ3n) is 3.26. The molecule has 0 radical (unpaired) electrons. The summed E-state index contributed by atoms with van der Waals surface area (Å²) in [6.07, 6.45) is 0. The predicted octanol–water partition coefficient (Wildman–Crippen LogP) is 3.70. The van der Waals surface area contributed by atoms with Gasteiger partial charge in [0.15, 0.2) is 0 Å². The molecule has 5 heteroatoms. The van der Waals surface area contributed by atoms with Crippen LogP contribution in [0.15, 0.2) is 22.7 Å². The molecule has 1 aromatic carbocycles. The Morgan fingerprint density at radius 2 is 1.94 bits per heavy atom. The van der Waals surface area contributed by atoms with Gasteiger partial charge in [-0.15, -0.1) is 0 Å². The second kappa shape index (κ2) is 6.29. The van der Waals surface area contributed by atoms with Crippen LogP contribution in [0.1, 0.15) is 32.3 Å². The first-order valence-corrected chi connectivity index (χ1v) is 6.78. The molecule has 1 N–H and O–H groups in total. The Labute approximate surface area is 116 Å². The van der Waals surface area contributed by atoms with Gasteiger partial charge in [0.1, 0.15) is 0 Å². The molecule has 0 bridgehead atoms. The van der Waals surface area contributed by atoms with E-state index in [2.05, 4.69) is 42.0 Å². The highest BCUT2D eigenvalue weighted by atomic mass is 79.9. The van der Waals surface area contributed by atoms with Crippen LogP contribution in [0.4, 0.5) is 5.69 Å². The molecule has 0 saturated carbocycles. The largest absolute Gasteiger partial charge is 0.317 e. The Morgan fingerprint density at radius 3 is 2.39 bits per heavy atom. The molecule has 0 aliphatic rings. The van der Waals surface area contributed by atoms with Crippen LogP contribution in [0, 0.1) is 16.0 Å². The van der Waals surface area contributed by atoms with Crippen molar-refractivity contribution in [2.75, 3.05) is 7.05 Å². The van der Waals surface area contributed by atoms with Crippen LogP contribution in [0.2, 0.25) is 0 Å². The number of likely N-dealkylation sites (N-methyl/N-ethyl adjacent to an activating group) is 1. The summed E-state index contributed by atoms with van der Waals surface area (Å²) in [6, 6.07) is 5.47. The van der Waals surface area contributed by atoms with Gasteiger partial charge in [-0.05, 0) is 26.0 Å². The van der Waals surface area contributed by atoms with E-state index in [1.54, 1.807) is 6.07 Å². The van der Waals surface area contributed by atoms with Crippen LogP contribution in [-0.4, -0.2) is 18.0 Å². The van der Waals surface area contributed by atoms with E-state index in [0.29, 0.717) is 5.92 Å². The van der Waals surface area contributed by atoms with E-state index < -0.39 is 0 Å². The van der Waals surface area contributed by atoms with Crippen molar-refractivity contribution in [1.82, 2.24) is 5.32 Å². The molecular weight excluding hydrogens is 296 g/mol. The fourth-order valence-electron chi connectivity index (χ4n) is 2.34. The van der Waals surface area contributed by atoms with Crippen LogP contribution in [0.3, 0.4) is 0 Å². The zero-order valence-electron chi connectivity index (χ0n) is 11.1. The van der Waals surface area contributed by atoms with Gasteiger partial charge >= 0.3 is 0 Å². The number of halogens is 1. The Kier molecular flexibility index (Phi) is 5.28. The number of hydrogen-bond donors (Lipinski definition) is 1. The molecule has 0 fully saturated rings. The fraction of sp³-hybridized carbons (Fsp3) is 0.538. The van der Waals surface area contributed by atoms with E-state index in [0.717, 1.165) is 10.0 Å². The maximum atomic E-state index is 11.2. The molecule has 0 spiro atoms. The zero-order valence-corrected chi connectivity index (χ0v) is 12.7. The first-order valence-electron chi connectivity index (χ1n) is 5.99. The highest BCUT2D eigenvalue weighted by Gasteiger charge is 2.28. The maximum Gasteiger partial charge on any atom is 0.274 e. The number of nitro benzene ring substituents is 1. The van der Waals surface area contributed by atoms with Crippen LogP contribution in [0.5, 0.6) is 0 Å². The molecule has 0 saturated heterocycles. The minimum atomic E-state index is -0.308. The molecule has 2 unspecified atom stereocenters. The number of rotatable bonds is 5. The summed E-state index contributed by atoms with van der Waals surface area (Å²) in [5.74, 6) is 0.441. The minimum absolute atomic E-state index is 0.114. The lowest BCUT2D eigenvalue weighted by Gasteiger charge is -2.27. The van der Waals surface area contributed by atoms with Gasteiger partial charge in [0.25, 0.3) is 5.69 Å². The average molecular weight is 315 g/mol. The van der Waals surface area contributed by atoms with Crippen molar-refractivity contribution in [3.05, 3.63) is 38.3 Å². The monoisotopic (exact) mass is 314 g/mol. The van der Waals surface area contributed by atoms with Crippen molar-refractivity contribution in [3.63, 3.8) is 0 Å². The molecule has 0 aliphatic heterocycles.